The highest BCUT2D eigenvalue weighted by Crippen LogP contribution is 2.27. The Balaban J connectivity index is 2.14. The van der Waals surface area contributed by atoms with Crippen molar-refractivity contribution in [2.75, 3.05) is 20.2 Å². The second-order valence-corrected chi connectivity index (χ2v) is 4.29. The normalized spacial score (nSPS) is 18.1. The van der Waals surface area contributed by atoms with Crippen molar-refractivity contribution in [1.29, 1.82) is 0 Å². The van der Waals surface area contributed by atoms with Gasteiger partial charge in [0.05, 0.1) is 7.11 Å². The smallest absolute Gasteiger partial charge is 0.131 e. The van der Waals surface area contributed by atoms with Crippen LogP contribution in [-0.4, -0.2) is 25.8 Å². The zero-order chi connectivity index (χ0) is 10.9. The fourth-order valence-electron chi connectivity index (χ4n) is 1.70. The van der Waals surface area contributed by atoms with Gasteiger partial charge in [0.2, 0.25) is 0 Å². The van der Waals surface area contributed by atoms with E-state index in [2.05, 4.69) is 12.2 Å². The molecular weight excluding hydrogens is 190 g/mol. The average Bonchev–Trinajstić information content (AvgIpc) is 2.18. The second-order valence-electron chi connectivity index (χ2n) is 4.29. The molecule has 0 aliphatic carbocycles. The van der Waals surface area contributed by atoms with Crippen molar-refractivity contribution in [3.05, 3.63) is 23.8 Å². The Bertz CT molecular complexity index is 359. The topological polar surface area (TPSA) is 30.5 Å². The quantitative estimate of drug-likeness (QED) is 0.819. The van der Waals surface area contributed by atoms with E-state index in [1.54, 1.807) is 7.11 Å². The summed E-state index contributed by atoms with van der Waals surface area (Å²) in [6, 6.07) is 5.95. The number of ether oxygens (including phenoxy) is 2. The van der Waals surface area contributed by atoms with Gasteiger partial charge in [0.25, 0.3) is 0 Å². The lowest BCUT2D eigenvalue weighted by Crippen LogP contribution is -2.61. The van der Waals surface area contributed by atoms with Gasteiger partial charge < -0.3 is 14.8 Å². The molecule has 1 N–H and O–H groups in total. The number of hydrogen-bond acceptors (Lipinski definition) is 3. The van der Waals surface area contributed by atoms with Gasteiger partial charge in [0, 0.05) is 19.2 Å². The first kappa shape index (κ1) is 10.3. The molecule has 1 aliphatic rings. The van der Waals surface area contributed by atoms with Crippen LogP contribution in [0, 0.1) is 6.92 Å². The molecule has 1 saturated heterocycles. The van der Waals surface area contributed by atoms with E-state index >= 15 is 0 Å². The Hall–Kier alpha value is -1.22. The molecule has 0 spiro atoms. The zero-order valence-electron chi connectivity index (χ0n) is 9.46. The minimum atomic E-state index is -0.0553. The van der Waals surface area contributed by atoms with Crippen molar-refractivity contribution in [2.24, 2.45) is 0 Å². The molecular formula is C12H17NO2. The van der Waals surface area contributed by atoms with Gasteiger partial charge in [-0.3, -0.25) is 0 Å². The summed E-state index contributed by atoms with van der Waals surface area (Å²) in [6.45, 7) is 5.94. The van der Waals surface area contributed by atoms with Gasteiger partial charge in [-0.05, 0) is 25.5 Å². The van der Waals surface area contributed by atoms with Gasteiger partial charge in [0.15, 0.2) is 0 Å². The third-order valence-corrected chi connectivity index (χ3v) is 2.74. The zero-order valence-corrected chi connectivity index (χ0v) is 9.46. The SMILES string of the molecule is COc1cc(OC2(C)CNC2)ccc1C. The molecule has 1 aromatic rings. The molecule has 0 saturated carbocycles. The molecule has 1 aliphatic heterocycles. The standard InChI is InChI=1S/C12H17NO2/c1-9-4-5-10(6-11(9)14-3)15-12(2)7-13-8-12/h4-6,13H,7-8H2,1-3H3. The number of benzene rings is 1. The third-order valence-electron chi connectivity index (χ3n) is 2.74. The number of rotatable bonds is 3. The highest BCUT2D eigenvalue weighted by atomic mass is 16.5. The van der Waals surface area contributed by atoms with Gasteiger partial charge in [0.1, 0.15) is 17.1 Å². The fraction of sp³-hybridized carbons (Fsp3) is 0.500. The van der Waals surface area contributed by atoms with E-state index in [0.717, 1.165) is 30.2 Å². The monoisotopic (exact) mass is 207 g/mol. The van der Waals surface area contributed by atoms with Crippen molar-refractivity contribution in [3.8, 4) is 11.5 Å². The van der Waals surface area contributed by atoms with E-state index in [9.17, 15) is 0 Å². The van der Waals surface area contributed by atoms with Crippen molar-refractivity contribution in [3.63, 3.8) is 0 Å². The molecule has 82 valence electrons. The maximum atomic E-state index is 5.89. The molecule has 0 unspecified atom stereocenters. The predicted octanol–water partition coefficient (Wildman–Crippen LogP) is 1.74. The molecule has 0 atom stereocenters. The molecule has 3 nitrogen and oxygen atoms in total. The van der Waals surface area contributed by atoms with Crippen LogP contribution < -0.4 is 14.8 Å². The third kappa shape index (κ3) is 2.07. The summed E-state index contributed by atoms with van der Waals surface area (Å²) >= 11 is 0. The maximum Gasteiger partial charge on any atom is 0.131 e. The van der Waals surface area contributed by atoms with Crippen LogP contribution in [0.15, 0.2) is 18.2 Å². The summed E-state index contributed by atoms with van der Waals surface area (Å²) in [7, 11) is 1.68. The summed E-state index contributed by atoms with van der Waals surface area (Å²) < 4.78 is 11.1. The number of hydrogen-bond donors (Lipinski definition) is 1. The first-order chi connectivity index (χ1) is 7.13. The van der Waals surface area contributed by atoms with Crippen LogP contribution in [0.5, 0.6) is 11.5 Å². The average molecular weight is 207 g/mol. The Labute approximate surface area is 90.4 Å². The molecule has 1 heterocycles. The first-order valence-corrected chi connectivity index (χ1v) is 5.17. The Morgan fingerprint density at radius 1 is 1.33 bits per heavy atom. The van der Waals surface area contributed by atoms with Gasteiger partial charge in [-0.2, -0.15) is 0 Å². The number of nitrogens with one attached hydrogen (secondary N) is 1. The second kappa shape index (κ2) is 3.74. The highest BCUT2D eigenvalue weighted by Gasteiger charge is 2.33. The van der Waals surface area contributed by atoms with Crippen molar-refractivity contribution in [2.45, 2.75) is 19.4 Å². The summed E-state index contributed by atoms with van der Waals surface area (Å²) in [5, 5.41) is 3.21. The van der Waals surface area contributed by atoms with Crippen LogP contribution >= 0.6 is 0 Å². The largest absolute Gasteiger partial charge is 0.496 e. The van der Waals surface area contributed by atoms with E-state index < -0.39 is 0 Å². The predicted molar refractivity (Wildman–Crippen MR) is 59.6 cm³/mol. The molecule has 2 rings (SSSR count). The Kier molecular flexibility index (Phi) is 2.57. The van der Waals surface area contributed by atoms with Crippen LogP contribution in [0.2, 0.25) is 0 Å². The van der Waals surface area contributed by atoms with Crippen molar-refractivity contribution in [1.82, 2.24) is 5.32 Å². The van der Waals surface area contributed by atoms with Crippen LogP contribution in [-0.2, 0) is 0 Å². The summed E-state index contributed by atoms with van der Waals surface area (Å²) in [5.41, 5.74) is 1.07. The minimum absolute atomic E-state index is 0.0553. The highest BCUT2D eigenvalue weighted by molar-refractivity contribution is 5.40. The van der Waals surface area contributed by atoms with E-state index in [0.29, 0.717) is 0 Å². The van der Waals surface area contributed by atoms with Gasteiger partial charge in [-0.15, -0.1) is 0 Å². The first-order valence-electron chi connectivity index (χ1n) is 5.17. The maximum absolute atomic E-state index is 5.89. The summed E-state index contributed by atoms with van der Waals surface area (Å²) in [5.74, 6) is 1.75. The summed E-state index contributed by atoms with van der Waals surface area (Å²) in [6.07, 6.45) is 0. The molecule has 0 radical (unpaired) electrons. The van der Waals surface area contributed by atoms with Crippen LogP contribution in [0.4, 0.5) is 0 Å². The molecule has 15 heavy (non-hydrogen) atoms. The Morgan fingerprint density at radius 3 is 2.60 bits per heavy atom. The van der Waals surface area contributed by atoms with Crippen LogP contribution in [0.1, 0.15) is 12.5 Å². The van der Waals surface area contributed by atoms with E-state index in [4.69, 9.17) is 9.47 Å². The molecule has 3 heteroatoms. The van der Waals surface area contributed by atoms with E-state index in [1.165, 1.54) is 0 Å². The minimum Gasteiger partial charge on any atom is -0.496 e. The fourth-order valence-corrected chi connectivity index (χ4v) is 1.70. The molecule has 1 fully saturated rings. The lowest BCUT2D eigenvalue weighted by atomic mass is 10.00. The molecule has 1 aromatic carbocycles. The van der Waals surface area contributed by atoms with Crippen LogP contribution in [0.25, 0.3) is 0 Å². The lowest BCUT2D eigenvalue weighted by molar-refractivity contribution is 0.0347. The molecule has 0 bridgehead atoms. The lowest BCUT2D eigenvalue weighted by Gasteiger charge is -2.39. The van der Waals surface area contributed by atoms with Gasteiger partial charge in [-0.25, -0.2) is 0 Å². The summed E-state index contributed by atoms with van der Waals surface area (Å²) in [4.78, 5) is 0. The van der Waals surface area contributed by atoms with E-state index in [-0.39, 0.29) is 5.60 Å². The van der Waals surface area contributed by atoms with Crippen molar-refractivity contribution < 1.29 is 9.47 Å². The van der Waals surface area contributed by atoms with Gasteiger partial charge >= 0.3 is 0 Å². The number of methoxy groups -OCH3 is 1. The number of aryl methyl sites for hydroxylation is 1. The Morgan fingerprint density at radius 2 is 2.07 bits per heavy atom. The molecule has 0 amide bonds. The van der Waals surface area contributed by atoms with Crippen molar-refractivity contribution >= 4 is 0 Å². The van der Waals surface area contributed by atoms with E-state index in [1.807, 2.05) is 25.1 Å². The molecule has 0 aromatic heterocycles. The van der Waals surface area contributed by atoms with Gasteiger partial charge in [-0.1, -0.05) is 6.07 Å². The van der Waals surface area contributed by atoms with Crippen LogP contribution in [0.3, 0.4) is 0 Å².